The zero-order valence-electron chi connectivity index (χ0n) is 12.7. The van der Waals surface area contributed by atoms with Crippen LogP contribution < -0.4 is 10.2 Å². The summed E-state index contributed by atoms with van der Waals surface area (Å²) < 4.78 is 5.16. The minimum Gasteiger partial charge on any atom is -0.383 e. The molecule has 1 aromatic rings. The molecule has 1 aromatic carbocycles. The monoisotopic (exact) mass is 293 g/mol. The molecule has 116 valence electrons. The van der Waals surface area contributed by atoms with Crippen molar-refractivity contribution >= 4 is 11.4 Å². The molecule has 0 bridgehead atoms. The van der Waals surface area contributed by atoms with Gasteiger partial charge < -0.3 is 15.0 Å². The van der Waals surface area contributed by atoms with Crippen LogP contribution in [0.1, 0.15) is 18.4 Å². The van der Waals surface area contributed by atoms with Gasteiger partial charge in [-0.05, 0) is 32.4 Å². The fraction of sp³-hybridized carbons (Fsp3) is 0.600. The maximum absolute atomic E-state index is 11.1. The number of nitrogens with zero attached hydrogens (tertiary/aromatic N) is 2. The van der Waals surface area contributed by atoms with Gasteiger partial charge in [0.1, 0.15) is 0 Å². The second-order valence-corrected chi connectivity index (χ2v) is 5.46. The summed E-state index contributed by atoms with van der Waals surface area (Å²) in [5.74, 6) is 0. The van der Waals surface area contributed by atoms with E-state index in [-0.39, 0.29) is 10.6 Å². The molecule has 1 heterocycles. The van der Waals surface area contributed by atoms with Gasteiger partial charge in [0, 0.05) is 43.6 Å². The lowest BCUT2D eigenvalue weighted by atomic mass is 10.1. The SMILES string of the molecule is COCCN(CC1CCCN1)c1ccc(C)c([N+](=O)[O-])c1. The standard InChI is InChI=1S/C15H23N3O3/c1-12-5-6-14(10-15(12)18(19)20)17(8-9-21-2)11-13-4-3-7-16-13/h5-6,10,13,16H,3-4,7-9,11H2,1-2H3. The van der Waals surface area contributed by atoms with E-state index < -0.39 is 0 Å². The van der Waals surface area contributed by atoms with E-state index in [9.17, 15) is 10.1 Å². The predicted molar refractivity (Wildman–Crippen MR) is 82.9 cm³/mol. The van der Waals surface area contributed by atoms with Crippen molar-refractivity contribution in [3.05, 3.63) is 33.9 Å². The van der Waals surface area contributed by atoms with Gasteiger partial charge in [0.2, 0.25) is 0 Å². The van der Waals surface area contributed by atoms with Crippen LogP contribution in [0.2, 0.25) is 0 Å². The van der Waals surface area contributed by atoms with Crippen LogP contribution in [0.4, 0.5) is 11.4 Å². The lowest BCUT2D eigenvalue weighted by Gasteiger charge is -2.27. The molecule has 1 saturated heterocycles. The zero-order valence-corrected chi connectivity index (χ0v) is 12.7. The van der Waals surface area contributed by atoms with Crippen molar-refractivity contribution in [2.75, 3.05) is 38.3 Å². The van der Waals surface area contributed by atoms with Crippen LogP contribution in [0.3, 0.4) is 0 Å². The molecule has 1 N–H and O–H groups in total. The van der Waals surface area contributed by atoms with Crippen LogP contribution in [0.15, 0.2) is 18.2 Å². The highest BCUT2D eigenvalue weighted by Crippen LogP contribution is 2.25. The highest BCUT2D eigenvalue weighted by atomic mass is 16.6. The Morgan fingerprint density at radius 2 is 2.33 bits per heavy atom. The maximum atomic E-state index is 11.1. The summed E-state index contributed by atoms with van der Waals surface area (Å²) in [5.41, 5.74) is 1.75. The Labute approximate surface area is 125 Å². The first-order chi connectivity index (χ1) is 10.1. The predicted octanol–water partition coefficient (Wildman–Crippen LogP) is 2.11. The van der Waals surface area contributed by atoms with Crippen molar-refractivity contribution in [1.82, 2.24) is 5.32 Å². The van der Waals surface area contributed by atoms with E-state index in [0.717, 1.165) is 31.7 Å². The Morgan fingerprint density at radius 1 is 1.52 bits per heavy atom. The van der Waals surface area contributed by atoms with E-state index in [1.807, 2.05) is 12.1 Å². The maximum Gasteiger partial charge on any atom is 0.274 e. The highest BCUT2D eigenvalue weighted by molar-refractivity contribution is 5.56. The van der Waals surface area contributed by atoms with Crippen molar-refractivity contribution in [3.63, 3.8) is 0 Å². The van der Waals surface area contributed by atoms with Gasteiger partial charge in [0.05, 0.1) is 11.5 Å². The van der Waals surface area contributed by atoms with Crippen molar-refractivity contribution in [2.24, 2.45) is 0 Å². The molecule has 6 nitrogen and oxygen atoms in total. The molecule has 1 fully saturated rings. The Morgan fingerprint density at radius 3 is 2.95 bits per heavy atom. The fourth-order valence-corrected chi connectivity index (χ4v) is 2.70. The fourth-order valence-electron chi connectivity index (χ4n) is 2.70. The Kier molecular flexibility index (Phi) is 5.52. The molecule has 1 aliphatic heterocycles. The van der Waals surface area contributed by atoms with Crippen molar-refractivity contribution in [2.45, 2.75) is 25.8 Å². The van der Waals surface area contributed by atoms with Gasteiger partial charge in [-0.25, -0.2) is 0 Å². The van der Waals surface area contributed by atoms with Crippen LogP contribution in [0.25, 0.3) is 0 Å². The van der Waals surface area contributed by atoms with Crippen LogP contribution in [-0.2, 0) is 4.74 Å². The van der Waals surface area contributed by atoms with Crippen LogP contribution in [-0.4, -0.2) is 44.3 Å². The number of hydrogen-bond donors (Lipinski definition) is 1. The number of nitrogens with one attached hydrogen (secondary N) is 1. The molecule has 0 aliphatic carbocycles. The van der Waals surface area contributed by atoms with E-state index in [0.29, 0.717) is 18.2 Å². The number of rotatable bonds is 7. The van der Waals surface area contributed by atoms with Gasteiger partial charge in [-0.3, -0.25) is 10.1 Å². The third-order valence-corrected chi connectivity index (χ3v) is 3.92. The molecule has 0 amide bonds. The van der Waals surface area contributed by atoms with E-state index >= 15 is 0 Å². The smallest absolute Gasteiger partial charge is 0.274 e. The minimum atomic E-state index is -0.318. The van der Waals surface area contributed by atoms with Crippen molar-refractivity contribution in [3.8, 4) is 0 Å². The molecular formula is C15H23N3O3. The first kappa shape index (κ1) is 15.7. The van der Waals surface area contributed by atoms with Crippen LogP contribution in [0.5, 0.6) is 0 Å². The molecule has 6 heteroatoms. The Bertz CT molecular complexity index is 487. The molecule has 0 aromatic heterocycles. The normalized spacial score (nSPS) is 17.9. The topological polar surface area (TPSA) is 67.6 Å². The molecular weight excluding hydrogens is 270 g/mol. The minimum absolute atomic E-state index is 0.175. The van der Waals surface area contributed by atoms with Crippen LogP contribution in [0, 0.1) is 17.0 Å². The summed E-state index contributed by atoms with van der Waals surface area (Å²) in [6.45, 7) is 5.00. The summed E-state index contributed by atoms with van der Waals surface area (Å²) in [7, 11) is 1.67. The summed E-state index contributed by atoms with van der Waals surface area (Å²) in [6, 6.07) is 5.88. The summed E-state index contributed by atoms with van der Waals surface area (Å²) in [6.07, 6.45) is 2.34. The molecule has 0 saturated carbocycles. The quantitative estimate of drug-likeness (QED) is 0.616. The van der Waals surface area contributed by atoms with E-state index in [1.54, 1.807) is 20.1 Å². The first-order valence-corrected chi connectivity index (χ1v) is 7.34. The highest BCUT2D eigenvalue weighted by Gasteiger charge is 2.20. The second kappa shape index (κ2) is 7.38. The number of nitro groups is 1. The number of aryl methyl sites for hydroxylation is 1. The van der Waals surface area contributed by atoms with Gasteiger partial charge in [-0.1, -0.05) is 6.07 Å². The number of methoxy groups -OCH3 is 1. The Balaban J connectivity index is 2.18. The molecule has 1 aliphatic rings. The number of ether oxygens (including phenoxy) is 1. The van der Waals surface area contributed by atoms with Gasteiger partial charge in [-0.2, -0.15) is 0 Å². The third-order valence-electron chi connectivity index (χ3n) is 3.92. The van der Waals surface area contributed by atoms with E-state index in [2.05, 4.69) is 10.2 Å². The molecule has 1 unspecified atom stereocenters. The number of anilines is 1. The summed E-state index contributed by atoms with van der Waals surface area (Å²) in [5, 5.41) is 14.6. The van der Waals surface area contributed by atoms with Crippen molar-refractivity contribution < 1.29 is 9.66 Å². The van der Waals surface area contributed by atoms with Crippen molar-refractivity contribution in [1.29, 1.82) is 0 Å². The van der Waals surface area contributed by atoms with E-state index in [4.69, 9.17) is 4.74 Å². The third kappa shape index (κ3) is 4.15. The Hall–Kier alpha value is -1.66. The molecule has 21 heavy (non-hydrogen) atoms. The van der Waals surface area contributed by atoms with Gasteiger partial charge in [0.25, 0.3) is 5.69 Å². The zero-order chi connectivity index (χ0) is 15.2. The molecule has 1 atom stereocenters. The lowest BCUT2D eigenvalue weighted by molar-refractivity contribution is -0.385. The second-order valence-electron chi connectivity index (χ2n) is 5.46. The van der Waals surface area contributed by atoms with Gasteiger partial charge in [-0.15, -0.1) is 0 Å². The van der Waals surface area contributed by atoms with Gasteiger partial charge >= 0.3 is 0 Å². The summed E-state index contributed by atoms with van der Waals surface area (Å²) in [4.78, 5) is 13.0. The molecule has 0 radical (unpaired) electrons. The average Bonchev–Trinajstić information content (AvgIpc) is 2.96. The number of benzene rings is 1. The van der Waals surface area contributed by atoms with Crippen LogP contribution >= 0.6 is 0 Å². The summed E-state index contributed by atoms with van der Waals surface area (Å²) >= 11 is 0. The lowest BCUT2D eigenvalue weighted by Crippen LogP contribution is -2.39. The largest absolute Gasteiger partial charge is 0.383 e. The molecule has 0 spiro atoms. The molecule has 2 rings (SSSR count). The average molecular weight is 293 g/mol. The first-order valence-electron chi connectivity index (χ1n) is 7.34. The van der Waals surface area contributed by atoms with E-state index in [1.165, 1.54) is 6.42 Å². The number of nitro benzene ring substituents is 1. The number of hydrogen-bond acceptors (Lipinski definition) is 5. The van der Waals surface area contributed by atoms with Gasteiger partial charge in [0.15, 0.2) is 0 Å².